The van der Waals surface area contributed by atoms with E-state index in [2.05, 4.69) is 22.9 Å². The molecule has 0 aliphatic carbocycles. The third-order valence-corrected chi connectivity index (χ3v) is 10.7. The Kier molecular flexibility index (Phi) is 15.6. The molecule has 4 N–H and O–H groups in total. The van der Waals surface area contributed by atoms with Crippen molar-refractivity contribution >= 4 is 21.7 Å². The van der Waals surface area contributed by atoms with E-state index in [1.165, 1.54) is 0 Å². The van der Waals surface area contributed by atoms with Crippen LogP contribution in [0, 0.1) is 17.6 Å². The predicted molar refractivity (Wildman–Crippen MR) is 185 cm³/mol. The highest BCUT2D eigenvalue weighted by Crippen LogP contribution is 2.19. The summed E-state index contributed by atoms with van der Waals surface area (Å²) in [7, 11) is -3.77. The third kappa shape index (κ3) is 12.4. The van der Waals surface area contributed by atoms with Crippen LogP contribution in [-0.2, 0) is 34.0 Å². The molecular weight excluding hydrogens is 636 g/mol. The first-order valence-electron chi connectivity index (χ1n) is 16.7. The molecule has 48 heavy (non-hydrogen) atoms. The molecule has 3 rings (SSSR count). The number of carbonyl (C=O) groups excluding carboxylic acids is 2. The number of sulfone groups is 1. The second-order valence-corrected chi connectivity index (χ2v) is 14.6. The maximum Gasteiger partial charge on any atom is 0.251 e. The number of aliphatic hydroxyl groups is 1. The van der Waals surface area contributed by atoms with E-state index in [1.54, 1.807) is 30.3 Å². The van der Waals surface area contributed by atoms with E-state index in [-0.39, 0.29) is 25.1 Å². The fraction of sp³-hybridized carbons (Fsp3) is 0.459. The average molecular weight is 686 g/mol. The Hall–Kier alpha value is -3.67. The zero-order chi connectivity index (χ0) is 35.1. The molecule has 3 atom stereocenters. The van der Waals surface area contributed by atoms with E-state index >= 15 is 0 Å². The summed E-state index contributed by atoms with van der Waals surface area (Å²) in [5, 5.41) is 19.3. The van der Waals surface area contributed by atoms with Crippen LogP contribution in [0.2, 0.25) is 0 Å². The van der Waals surface area contributed by atoms with Crippen LogP contribution in [0.15, 0.2) is 72.8 Å². The van der Waals surface area contributed by atoms with Crippen LogP contribution < -0.4 is 16.0 Å². The van der Waals surface area contributed by atoms with E-state index in [0.717, 1.165) is 35.7 Å². The Morgan fingerprint density at radius 3 is 2.08 bits per heavy atom. The van der Waals surface area contributed by atoms with Crippen molar-refractivity contribution in [2.45, 2.75) is 83.2 Å². The van der Waals surface area contributed by atoms with Crippen molar-refractivity contribution in [1.29, 1.82) is 0 Å². The number of benzene rings is 3. The fourth-order valence-corrected chi connectivity index (χ4v) is 8.02. The van der Waals surface area contributed by atoms with Gasteiger partial charge in [0.25, 0.3) is 5.91 Å². The smallest absolute Gasteiger partial charge is 0.251 e. The van der Waals surface area contributed by atoms with Gasteiger partial charge in [-0.2, -0.15) is 0 Å². The van der Waals surface area contributed by atoms with Crippen molar-refractivity contribution in [2.24, 2.45) is 5.92 Å². The number of nitrogens with one attached hydrogen (secondary N) is 3. The summed E-state index contributed by atoms with van der Waals surface area (Å²) in [4.78, 5) is 26.8. The molecular formula is C37H49F2N3O5S. The molecule has 262 valence electrons. The standard InChI is InChI=1S/C37H49F2N3O5S/c1-4-11-33(12-5-2)48(46,47)25-30(23-41-36(44)29-15-8-7-9-16-29)37(45)42-34(20-28-18-31(38)21-32(39)19-28)35(43)24-40-22-27-14-10-13-26(6-3)17-27/h7-10,13-19,21,30,33-35,40,43H,4-6,11-12,20,22-25H2,1-3H3,(H,41,44)(H,42,45)/t30?,34-,35+/m0/s1. The van der Waals surface area contributed by atoms with Crippen molar-refractivity contribution in [3.05, 3.63) is 107 Å². The molecule has 0 aliphatic heterocycles. The fourth-order valence-electron chi connectivity index (χ4n) is 5.73. The summed E-state index contributed by atoms with van der Waals surface area (Å²) < 4.78 is 55.5. The number of rotatable bonds is 20. The highest BCUT2D eigenvalue weighted by Gasteiger charge is 2.33. The molecule has 0 aromatic heterocycles. The molecule has 1 unspecified atom stereocenters. The minimum absolute atomic E-state index is 0.0296. The maximum atomic E-state index is 14.1. The van der Waals surface area contributed by atoms with Gasteiger partial charge in [0.15, 0.2) is 9.84 Å². The number of aryl methyl sites for hydroxylation is 1. The Morgan fingerprint density at radius 2 is 1.46 bits per heavy atom. The number of halogens is 2. The van der Waals surface area contributed by atoms with Crippen LogP contribution in [0.3, 0.4) is 0 Å². The molecule has 0 saturated heterocycles. The van der Waals surface area contributed by atoms with Gasteiger partial charge >= 0.3 is 0 Å². The number of amides is 2. The lowest BCUT2D eigenvalue weighted by molar-refractivity contribution is -0.125. The number of aliphatic hydroxyl groups excluding tert-OH is 1. The summed E-state index contributed by atoms with van der Waals surface area (Å²) in [5.41, 5.74) is 2.72. The van der Waals surface area contributed by atoms with Gasteiger partial charge in [0.1, 0.15) is 11.6 Å². The van der Waals surface area contributed by atoms with E-state index in [9.17, 15) is 31.9 Å². The van der Waals surface area contributed by atoms with Crippen molar-refractivity contribution in [1.82, 2.24) is 16.0 Å². The molecule has 0 bridgehead atoms. The van der Waals surface area contributed by atoms with Gasteiger partial charge in [-0.15, -0.1) is 0 Å². The molecule has 3 aromatic carbocycles. The zero-order valence-electron chi connectivity index (χ0n) is 28.1. The highest BCUT2D eigenvalue weighted by molar-refractivity contribution is 7.92. The molecule has 0 heterocycles. The summed E-state index contributed by atoms with van der Waals surface area (Å²) >= 11 is 0. The Morgan fingerprint density at radius 1 is 0.812 bits per heavy atom. The maximum absolute atomic E-state index is 14.1. The quantitative estimate of drug-likeness (QED) is 0.131. The monoisotopic (exact) mass is 685 g/mol. The molecule has 0 spiro atoms. The third-order valence-electron chi connectivity index (χ3n) is 8.33. The van der Waals surface area contributed by atoms with E-state index in [0.29, 0.717) is 37.8 Å². The first-order valence-corrected chi connectivity index (χ1v) is 18.4. The summed E-state index contributed by atoms with van der Waals surface area (Å²) in [6.45, 7) is 6.05. The Balaban J connectivity index is 1.85. The van der Waals surface area contributed by atoms with Crippen LogP contribution in [0.4, 0.5) is 8.78 Å². The first-order chi connectivity index (χ1) is 22.9. The van der Waals surface area contributed by atoms with Crippen LogP contribution in [0.1, 0.15) is 73.5 Å². The van der Waals surface area contributed by atoms with Crippen LogP contribution in [-0.4, -0.2) is 61.6 Å². The summed E-state index contributed by atoms with van der Waals surface area (Å²) in [6, 6.07) is 18.3. The minimum atomic E-state index is -3.77. The van der Waals surface area contributed by atoms with Crippen molar-refractivity contribution < 1.29 is 31.9 Å². The van der Waals surface area contributed by atoms with Gasteiger partial charge in [-0.1, -0.05) is 76.1 Å². The van der Waals surface area contributed by atoms with E-state index < -0.39 is 62.4 Å². The van der Waals surface area contributed by atoms with E-state index in [1.807, 2.05) is 38.1 Å². The average Bonchev–Trinajstić information content (AvgIpc) is 3.06. The molecule has 0 aliphatic rings. The normalized spacial score (nSPS) is 13.6. The lowest BCUT2D eigenvalue weighted by Gasteiger charge is -2.28. The summed E-state index contributed by atoms with van der Waals surface area (Å²) in [5.74, 6) is -4.47. The van der Waals surface area contributed by atoms with Gasteiger partial charge in [0.05, 0.1) is 29.1 Å². The molecule has 0 radical (unpaired) electrons. The highest BCUT2D eigenvalue weighted by atomic mass is 32.2. The van der Waals surface area contributed by atoms with Gasteiger partial charge in [-0.25, -0.2) is 17.2 Å². The SMILES string of the molecule is CCCC(CCC)S(=O)(=O)CC(CNC(=O)c1ccccc1)C(=O)N[C@@H](Cc1cc(F)cc(F)c1)[C@H](O)CNCc1cccc(CC)c1. The molecule has 2 amide bonds. The van der Waals surface area contributed by atoms with Crippen molar-refractivity contribution in [3.8, 4) is 0 Å². The van der Waals surface area contributed by atoms with Gasteiger partial charge in [0, 0.05) is 31.3 Å². The van der Waals surface area contributed by atoms with Crippen molar-refractivity contribution in [3.63, 3.8) is 0 Å². The summed E-state index contributed by atoms with van der Waals surface area (Å²) in [6.07, 6.45) is 1.73. The molecule has 8 nitrogen and oxygen atoms in total. The Labute approximate surface area is 283 Å². The van der Waals surface area contributed by atoms with Gasteiger partial charge in [-0.05, 0) is 66.6 Å². The predicted octanol–water partition coefficient (Wildman–Crippen LogP) is 5.14. The van der Waals surface area contributed by atoms with Crippen LogP contribution in [0.25, 0.3) is 0 Å². The second-order valence-electron chi connectivity index (χ2n) is 12.3. The minimum Gasteiger partial charge on any atom is -0.390 e. The zero-order valence-corrected chi connectivity index (χ0v) is 28.9. The van der Waals surface area contributed by atoms with Gasteiger partial charge < -0.3 is 21.1 Å². The lowest BCUT2D eigenvalue weighted by Crippen LogP contribution is -2.52. The number of hydrogen-bond donors (Lipinski definition) is 4. The van der Waals surface area contributed by atoms with Gasteiger partial charge in [0.2, 0.25) is 5.91 Å². The van der Waals surface area contributed by atoms with Crippen molar-refractivity contribution in [2.75, 3.05) is 18.8 Å². The van der Waals surface area contributed by atoms with E-state index in [4.69, 9.17) is 0 Å². The Bertz CT molecular complexity index is 1550. The first kappa shape index (κ1) is 38.8. The number of hydrogen-bond acceptors (Lipinski definition) is 6. The lowest BCUT2D eigenvalue weighted by atomic mass is 9.99. The van der Waals surface area contributed by atoms with Crippen LogP contribution >= 0.6 is 0 Å². The molecule has 3 aromatic rings. The second kappa shape index (κ2) is 19.4. The van der Waals surface area contributed by atoms with Gasteiger partial charge in [-0.3, -0.25) is 9.59 Å². The topological polar surface area (TPSA) is 125 Å². The molecule has 0 fully saturated rings. The number of carbonyl (C=O) groups is 2. The van der Waals surface area contributed by atoms with Crippen LogP contribution in [0.5, 0.6) is 0 Å². The molecule has 0 saturated carbocycles. The molecule has 11 heteroatoms. The largest absolute Gasteiger partial charge is 0.390 e.